The summed E-state index contributed by atoms with van der Waals surface area (Å²) < 4.78 is 0. The minimum absolute atomic E-state index is 0.0410. The summed E-state index contributed by atoms with van der Waals surface area (Å²) in [4.78, 5) is 13.9. The Hall–Kier alpha value is -2.08. The number of nitriles is 1. The van der Waals surface area contributed by atoms with E-state index in [1.807, 2.05) is 23.3 Å². The molecule has 1 rings (SSSR count). The van der Waals surface area contributed by atoms with Gasteiger partial charge in [0.1, 0.15) is 0 Å². The van der Waals surface area contributed by atoms with E-state index in [0.717, 1.165) is 36.1 Å². The fourth-order valence-corrected chi connectivity index (χ4v) is 2.33. The van der Waals surface area contributed by atoms with Gasteiger partial charge in [-0.1, -0.05) is 32.9 Å². The van der Waals surface area contributed by atoms with Crippen molar-refractivity contribution in [1.82, 2.24) is 4.90 Å². The quantitative estimate of drug-likeness (QED) is 0.679. The standard InChI is InChI=1S/C17H22N2O/c1-5-7-16(6-2)17(14(4)20)19-12-15(10-11-18)9-8-13(19)3/h8-9,12H,3,5-7,10H2,1-2,4H3/b17-16-. The van der Waals surface area contributed by atoms with Gasteiger partial charge in [0.05, 0.1) is 18.2 Å². The number of carbonyl (C=O) groups excluding carboxylic acids is 1. The average Bonchev–Trinajstić information content (AvgIpc) is 2.41. The molecule has 20 heavy (non-hydrogen) atoms. The van der Waals surface area contributed by atoms with Crippen LogP contribution in [-0.4, -0.2) is 10.7 Å². The molecule has 1 heterocycles. The fraction of sp³-hybridized carbons (Fsp3) is 0.412. The van der Waals surface area contributed by atoms with E-state index in [1.54, 1.807) is 6.92 Å². The molecule has 0 spiro atoms. The number of allylic oxidation sites excluding steroid dienone is 5. The summed E-state index contributed by atoms with van der Waals surface area (Å²) in [6.07, 6.45) is 8.68. The minimum Gasteiger partial charge on any atom is -0.314 e. The van der Waals surface area contributed by atoms with Crippen LogP contribution in [0.15, 0.2) is 47.5 Å². The van der Waals surface area contributed by atoms with Crippen molar-refractivity contribution in [3.8, 4) is 6.07 Å². The molecule has 1 aliphatic heterocycles. The van der Waals surface area contributed by atoms with Crippen LogP contribution in [0.25, 0.3) is 0 Å². The molecule has 0 unspecified atom stereocenters. The number of carbonyl (C=O) groups is 1. The summed E-state index contributed by atoms with van der Waals surface area (Å²) >= 11 is 0. The van der Waals surface area contributed by atoms with Gasteiger partial charge in [-0.05, 0) is 30.1 Å². The Morgan fingerprint density at radius 3 is 2.60 bits per heavy atom. The Kier molecular flexibility index (Phi) is 5.99. The van der Waals surface area contributed by atoms with Gasteiger partial charge in [0, 0.05) is 18.8 Å². The number of hydrogen-bond donors (Lipinski definition) is 0. The summed E-state index contributed by atoms with van der Waals surface area (Å²) in [6.45, 7) is 9.76. The molecule has 1 aliphatic rings. The van der Waals surface area contributed by atoms with E-state index < -0.39 is 0 Å². The largest absolute Gasteiger partial charge is 0.314 e. The Labute approximate surface area is 121 Å². The maximum absolute atomic E-state index is 12.1. The maximum Gasteiger partial charge on any atom is 0.176 e. The van der Waals surface area contributed by atoms with Gasteiger partial charge in [-0.2, -0.15) is 5.26 Å². The van der Waals surface area contributed by atoms with Gasteiger partial charge in [0.25, 0.3) is 0 Å². The molecule has 0 aliphatic carbocycles. The predicted molar refractivity (Wildman–Crippen MR) is 81.3 cm³/mol. The van der Waals surface area contributed by atoms with E-state index in [1.165, 1.54) is 0 Å². The van der Waals surface area contributed by atoms with Crippen molar-refractivity contribution in [3.63, 3.8) is 0 Å². The molecule has 0 fully saturated rings. The highest BCUT2D eigenvalue weighted by Gasteiger charge is 2.20. The SMILES string of the molecule is C=C1C=CC(CC#N)=CN1/C(C(C)=O)=C(/CC)CCC. The summed E-state index contributed by atoms with van der Waals surface area (Å²) in [5.74, 6) is 0.0410. The summed E-state index contributed by atoms with van der Waals surface area (Å²) in [7, 11) is 0. The summed E-state index contributed by atoms with van der Waals surface area (Å²) in [5.41, 5.74) is 3.51. The third-order valence-corrected chi connectivity index (χ3v) is 3.27. The van der Waals surface area contributed by atoms with Crippen molar-refractivity contribution in [2.45, 2.75) is 46.5 Å². The molecular weight excluding hydrogens is 248 g/mol. The Balaban J connectivity index is 3.27. The lowest BCUT2D eigenvalue weighted by Gasteiger charge is -2.28. The lowest BCUT2D eigenvalue weighted by Crippen LogP contribution is -2.23. The Morgan fingerprint density at radius 2 is 2.10 bits per heavy atom. The van der Waals surface area contributed by atoms with Crippen LogP contribution < -0.4 is 0 Å². The van der Waals surface area contributed by atoms with E-state index in [2.05, 4.69) is 26.5 Å². The van der Waals surface area contributed by atoms with Crippen LogP contribution >= 0.6 is 0 Å². The average molecular weight is 270 g/mol. The second kappa shape index (κ2) is 7.49. The van der Waals surface area contributed by atoms with Crippen LogP contribution in [0.5, 0.6) is 0 Å². The van der Waals surface area contributed by atoms with Crippen molar-refractivity contribution < 1.29 is 4.79 Å². The van der Waals surface area contributed by atoms with Gasteiger partial charge in [0.2, 0.25) is 0 Å². The van der Waals surface area contributed by atoms with Gasteiger partial charge >= 0.3 is 0 Å². The summed E-state index contributed by atoms with van der Waals surface area (Å²) in [5, 5.41) is 8.81. The zero-order valence-corrected chi connectivity index (χ0v) is 12.6. The van der Waals surface area contributed by atoms with E-state index in [4.69, 9.17) is 5.26 Å². The number of ketones is 1. The second-order valence-electron chi connectivity index (χ2n) is 4.85. The first-order valence-electron chi connectivity index (χ1n) is 7.01. The topological polar surface area (TPSA) is 44.1 Å². The summed E-state index contributed by atoms with van der Waals surface area (Å²) in [6, 6.07) is 2.13. The van der Waals surface area contributed by atoms with Gasteiger partial charge in [0.15, 0.2) is 5.78 Å². The van der Waals surface area contributed by atoms with Crippen molar-refractivity contribution in [2.75, 3.05) is 0 Å². The van der Waals surface area contributed by atoms with E-state index in [9.17, 15) is 4.79 Å². The molecule has 3 heteroatoms. The van der Waals surface area contributed by atoms with E-state index >= 15 is 0 Å². The Bertz CT molecular complexity index is 530. The molecule has 0 N–H and O–H groups in total. The van der Waals surface area contributed by atoms with Crippen LogP contribution in [0.2, 0.25) is 0 Å². The monoisotopic (exact) mass is 270 g/mol. The minimum atomic E-state index is 0.0410. The van der Waals surface area contributed by atoms with Crippen molar-refractivity contribution in [1.29, 1.82) is 5.26 Å². The number of Topliss-reactive ketones (excluding diaryl/α,β-unsaturated/α-hetero) is 1. The number of hydrogen-bond acceptors (Lipinski definition) is 3. The predicted octanol–water partition coefficient (Wildman–Crippen LogP) is 4.22. The Morgan fingerprint density at radius 1 is 1.40 bits per heavy atom. The second-order valence-corrected chi connectivity index (χ2v) is 4.85. The highest BCUT2D eigenvalue weighted by atomic mass is 16.1. The molecule has 0 atom stereocenters. The van der Waals surface area contributed by atoms with Gasteiger partial charge in [-0.3, -0.25) is 4.79 Å². The van der Waals surface area contributed by atoms with E-state index in [-0.39, 0.29) is 5.78 Å². The lowest BCUT2D eigenvalue weighted by atomic mass is 10.0. The molecule has 3 nitrogen and oxygen atoms in total. The normalized spacial score (nSPS) is 15.6. The number of nitrogens with zero attached hydrogens (tertiary/aromatic N) is 2. The highest BCUT2D eigenvalue weighted by molar-refractivity contribution is 5.94. The van der Waals surface area contributed by atoms with Crippen molar-refractivity contribution >= 4 is 5.78 Å². The first-order valence-corrected chi connectivity index (χ1v) is 7.01. The molecule has 0 aromatic heterocycles. The third-order valence-electron chi connectivity index (χ3n) is 3.27. The number of rotatable bonds is 6. The van der Waals surface area contributed by atoms with Crippen LogP contribution in [0.1, 0.15) is 46.5 Å². The smallest absolute Gasteiger partial charge is 0.176 e. The van der Waals surface area contributed by atoms with E-state index in [0.29, 0.717) is 12.1 Å². The highest BCUT2D eigenvalue weighted by Crippen LogP contribution is 2.27. The van der Waals surface area contributed by atoms with Gasteiger partial charge in [-0.25, -0.2) is 0 Å². The fourth-order valence-electron chi connectivity index (χ4n) is 2.33. The van der Waals surface area contributed by atoms with Gasteiger partial charge < -0.3 is 4.90 Å². The lowest BCUT2D eigenvalue weighted by molar-refractivity contribution is -0.114. The van der Waals surface area contributed by atoms with Crippen LogP contribution in [-0.2, 0) is 4.79 Å². The molecule has 0 saturated heterocycles. The van der Waals surface area contributed by atoms with Crippen LogP contribution in [0.3, 0.4) is 0 Å². The first kappa shape index (κ1) is 16.0. The molecule has 0 aromatic rings. The van der Waals surface area contributed by atoms with Crippen LogP contribution in [0, 0.1) is 11.3 Å². The molecule has 0 amide bonds. The molecule has 0 saturated carbocycles. The maximum atomic E-state index is 12.1. The molecular formula is C17H22N2O. The molecule has 106 valence electrons. The van der Waals surface area contributed by atoms with Crippen molar-refractivity contribution in [2.24, 2.45) is 0 Å². The first-order chi connectivity index (χ1) is 9.54. The van der Waals surface area contributed by atoms with Crippen LogP contribution in [0.4, 0.5) is 0 Å². The zero-order valence-electron chi connectivity index (χ0n) is 12.6. The molecule has 0 aromatic carbocycles. The molecule has 0 radical (unpaired) electrons. The van der Waals surface area contributed by atoms with Crippen molar-refractivity contribution in [3.05, 3.63) is 47.5 Å². The third kappa shape index (κ3) is 3.71. The zero-order chi connectivity index (χ0) is 15.1. The molecule has 0 bridgehead atoms. The van der Waals surface area contributed by atoms with Gasteiger partial charge in [-0.15, -0.1) is 0 Å².